The fourth-order valence-electron chi connectivity index (χ4n) is 14.4. The van der Waals surface area contributed by atoms with Gasteiger partial charge in [-0.3, -0.25) is 4.79 Å². The first-order valence-electron chi connectivity index (χ1n) is 25.2. The second-order valence-corrected chi connectivity index (χ2v) is 21.7. The lowest BCUT2D eigenvalue weighted by Crippen LogP contribution is -2.55. The molecule has 340 valence electrons. The van der Waals surface area contributed by atoms with E-state index in [4.69, 9.17) is 9.47 Å². The van der Waals surface area contributed by atoms with Crippen LogP contribution in [0.25, 0.3) is 11.1 Å². The largest absolute Gasteiger partial charge is 0.492 e. The third-order valence-corrected chi connectivity index (χ3v) is 18.0. The van der Waals surface area contributed by atoms with Crippen molar-refractivity contribution in [3.05, 3.63) is 102 Å². The predicted octanol–water partition coefficient (Wildman–Crippen LogP) is 12.5. The van der Waals surface area contributed by atoms with Gasteiger partial charge in [0.15, 0.2) is 6.54 Å². The quantitative estimate of drug-likeness (QED) is 0.0868. The zero-order chi connectivity index (χ0) is 44.2. The van der Waals surface area contributed by atoms with Gasteiger partial charge in [-0.15, -0.1) is 0 Å². The van der Waals surface area contributed by atoms with Crippen LogP contribution in [0, 0.1) is 46.3 Å². The first-order chi connectivity index (χ1) is 30.4. The Bertz CT molecular complexity index is 2020. The summed E-state index contributed by atoms with van der Waals surface area (Å²) in [5.74, 6) is 5.42. The lowest BCUT2D eigenvalue weighted by Gasteiger charge is -2.61. The molecule has 3 aromatic rings. The molecule has 1 amide bonds. The van der Waals surface area contributed by atoms with E-state index in [1.807, 2.05) is 11.9 Å². The van der Waals surface area contributed by atoms with Crippen molar-refractivity contribution in [2.24, 2.45) is 46.3 Å². The van der Waals surface area contributed by atoms with Gasteiger partial charge in [0.05, 0.1) is 26.7 Å². The summed E-state index contributed by atoms with van der Waals surface area (Å²) in [5.41, 5.74) is 6.95. The highest BCUT2D eigenvalue weighted by Gasteiger charge is 2.60. The second-order valence-electron chi connectivity index (χ2n) is 21.7. The molecule has 0 spiro atoms. The molecular formula is C57H79N2O4+. The van der Waals surface area contributed by atoms with E-state index in [-0.39, 0.29) is 18.0 Å². The van der Waals surface area contributed by atoms with E-state index in [0.29, 0.717) is 54.7 Å². The Kier molecular flexibility index (Phi) is 14.3. The molecule has 1 aliphatic heterocycles. The summed E-state index contributed by atoms with van der Waals surface area (Å²) in [6.07, 6.45) is 17.7. The Balaban J connectivity index is 0.800. The molecule has 9 atom stereocenters. The summed E-state index contributed by atoms with van der Waals surface area (Å²) >= 11 is 0. The number of allylic oxidation sites excluding steroid dienone is 1. The minimum Gasteiger partial charge on any atom is -0.492 e. The number of hydrogen-bond donors (Lipinski definition) is 0. The average molecular weight is 856 g/mol. The molecule has 0 unspecified atom stereocenters. The molecule has 8 rings (SSSR count). The van der Waals surface area contributed by atoms with Gasteiger partial charge in [-0.25, -0.2) is 4.79 Å². The topological polar surface area (TPSA) is 55.8 Å². The molecule has 5 fully saturated rings. The van der Waals surface area contributed by atoms with E-state index < -0.39 is 0 Å². The smallest absolute Gasteiger partial charge is 0.362 e. The van der Waals surface area contributed by atoms with Crippen molar-refractivity contribution in [3.8, 4) is 5.75 Å². The molecule has 0 bridgehead atoms. The number of likely N-dealkylation sites (N-methyl/N-ethyl adjacent to an activating group) is 2. The predicted molar refractivity (Wildman–Crippen MR) is 257 cm³/mol. The maximum atomic E-state index is 13.5. The van der Waals surface area contributed by atoms with Crippen LogP contribution >= 0.6 is 0 Å². The third kappa shape index (κ3) is 9.87. The SMILES string of the molecule is CC/C(=C(\c1ccccc1)c1ccc(OCCN(C)C(=O)CC[C@@H](C)[C@H]2CC[C@H]3[C@@H]4CC[C@@H]5C[C@H](OC(=O)C[N+]6(C)CCCCC6)CC[C@]5(C)[C@H]4CC[C@]23C)cc1)c1ccccc1. The standard InChI is InChI=1S/C57H79N2O4/c1-7-48(42-17-11-8-12-18-42)55(43-19-13-9-14-20-43)44-22-25-46(26-23-44)62-38-35-58(5)53(60)30-21-41(2)50-28-29-51-49-27-24-45-39-47(63-54(61)40-59(6)36-15-10-16-37-59)31-33-56(45,3)52(49)32-34-57(50,51)4/h8-9,11-14,17-20,22-23,25-26,41,45,47,49-52H,7,10,15-16,21,24,27-40H2,1-6H3/q+1/b55-48-/t41-,45-,47-,49+,50-,51+,52+,56+,57-/m1/s1. The lowest BCUT2D eigenvalue weighted by atomic mass is 9.44. The van der Waals surface area contributed by atoms with E-state index in [1.54, 1.807) is 0 Å². The normalized spacial score (nSPS) is 30.8. The van der Waals surface area contributed by atoms with Crippen molar-refractivity contribution >= 4 is 23.0 Å². The van der Waals surface area contributed by atoms with E-state index in [1.165, 1.54) is 92.0 Å². The zero-order valence-electron chi connectivity index (χ0n) is 39.8. The monoisotopic (exact) mass is 856 g/mol. The first-order valence-corrected chi connectivity index (χ1v) is 25.2. The van der Waals surface area contributed by atoms with Crippen LogP contribution < -0.4 is 4.74 Å². The number of hydrogen-bond acceptors (Lipinski definition) is 4. The number of fused-ring (bicyclic) bond motifs is 5. The van der Waals surface area contributed by atoms with Gasteiger partial charge in [0.1, 0.15) is 18.5 Å². The number of likely N-dealkylation sites (tertiary alicyclic amines) is 1. The third-order valence-electron chi connectivity index (χ3n) is 18.0. The van der Waals surface area contributed by atoms with Crippen molar-refractivity contribution in [3.63, 3.8) is 0 Å². The van der Waals surface area contributed by atoms with Crippen LogP contribution in [0.5, 0.6) is 5.75 Å². The van der Waals surface area contributed by atoms with Gasteiger partial charge in [-0.05, 0) is 176 Å². The number of nitrogens with zero attached hydrogens (tertiary/aromatic N) is 2. The fourth-order valence-corrected chi connectivity index (χ4v) is 14.4. The highest BCUT2D eigenvalue weighted by atomic mass is 16.5. The molecule has 1 saturated heterocycles. The number of rotatable bonds is 15. The van der Waals surface area contributed by atoms with Crippen LogP contribution in [0.4, 0.5) is 0 Å². The van der Waals surface area contributed by atoms with Crippen LogP contribution in [0.1, 0.15) is 141 Å². The molecule has 0 radical (unpaired) electrons. The van der Waals surface area contributed by atoms with E-state index in [9.17, 15) is 9.59 Å². The van der Waals surface area contributed by atoms with Gasteiger partial charge in [-0.2, -0.15) is 0 Å². The summed E-state index contributed by atoms with van der Waals surface area (Å²) in [4.78, 5) is 28.5. The zero-order valence-corrected chi connectivity index (χ0v) is 39.8. The van der Waals surface area contributed by atoms with Gasteiger partial charge < -0.3 is 18.9 Å². The number of piperidine rings is 1. The maximum absolute atomic E-state index is 13.5. The van der Waals surface area contributed by atoms with Crippen LogP contribution in [0.15, 0.2) is 84.9 Å². The Hall–Kier alpha value is -3.90. The Morgan fingerprint density at radius 3 is 2.13 bits per heavy atom. The molecule has 63 heavy (non-hydrogen) atoms. The van der Waals surface area contributed by atoms with Crippen molar-refractivity contribution in [2.45, 2.75) is 130 Å². The minimum atomic E-state index is 0.0391. The molecule has 3 aromatic carbocycles. The molecule has 0 aromatic heterocycles. The second kappa shape index (κ2) is 19.7. The molecule has 6 nitrogen and oxygen atoms in total. The maximum Gasteiger partial charge on any atom is 0.362 e. The van der Waals surface area contributed by atoms with Gasteiger partial charge in [0, 0.05) is 13.5 Å². The minimum absolute atomic E-state index is 0.0391. The van der Waals surface area contributed by atoms with Crippen LogP contribution in [-0.2, 0) is 14.3 Å². The highest BCUT2D eigenvalue weighted by Crippen LogP contribution is 2.68. The number of ether oxygens (including phenoxy) is 2. The lowest BCUT2D eigenvalue weighted by molar-refractivity contribution is -0.907. The van der Waals surface area contributed by atoms with Gasteiger partial charge in [0.2, 0.25) is 5.91 Å². The fraction of sp³-hybridized carbons (Fsp3) is 0.614. The number of amides is 1. The van der Waals surface area contributed by atoms with Gasteiger partial charge in [0.25, 0.3) is 0 Å². The van der Waals surface area contributed by atoms with Gasteiger partial charge >= 0.3 is 5.97 Å². The van der Waals surface area contributed by atoms with E-state index >= 15 is 0 Å². The van der Waals surface area contributed by atoms with Crippen LogP contribution in [0.2, 0.25) is 0 Å². The van der Waals surface area contributed by atoms with Crippen molar-refractivity contribution in [1.29, 1.82) is 0 Å². The number of benzene rings is 3. The van der Waals surface area contributed by atoms with E-state index in [0.717, 1.165) is 66.8 Å². The Morgan fingerprint density at radius 2 is 1.43 bits per heavy atom. The molecule has 4 saturated carbocycles. The molecule has 1 heterocycles. The number of carbonyl (C=O) groups is 2. The van der Waals surface area contributed by atoms with Crippen molar-refractivity contribution < 1.29 is 23.5 Å². The summed E-state index contributed by atoms with van der Waals surface area (Å²) in [6, 6.07) is 29.8. The van der Waals surface area contributed by atoms with Gasteiger partial charge in [-0.1, -0.05) is 100 Å². The Morgan fingerprint density at radius 1 is 0.778 bits per heavy atom. The first kappa shape index (κ1) is 45.7. The number of carbonyl (C=O) groups excluding carboxylic acids is 2. The summed E-state index contributed by atoms with van der Waals surface area (Å²) < 4.78 is 13.3. The molecule has 6 heteroatoms. The summed E-state index contributed by atoms with van der Waals surface area (Å²) in [6.45, 7) is 13.8. The number of quaternary nitrogens is 1. The molecular weight excluding hydrogens is 777 g/mol. The van der Waals surface area contributed by atoms with Crippen molar-refractivity contribution in [1.82, 2.24) is 4.90 Å². The number of esters is 1. The molecule has 0 N–H and O–H groups in total. The molecule has 5 aliphatic rings. The highest BCUT2D eigenvalue weighted by molar-refractivity contribution is 5.98. The van der Waals surface area contributed by atoms with Crippen molar-refractivity contribution in [2.75, 3.05) is 46.9 Å². The van der Waals surface area contributed by atoms with Crippen LogP contribution in [0.3, 0.4) is 0 Å². The average Bonchev–Trinajstić information content (AvgIpc) is 3.65. The molecule has 4 aliphatic carbocycles. The van der Waals surface area contributed by atoms with Crippen LogP contribution in [-0.4, -0.2) is 74.2 Å². The summed E-state index contributed by atoms with van der Waals surface area (Å²) in [7, 11) is 4.18. The Labute approximate surface area is 380 Å². The summed E-state index contributed by atoms with van der Waals surface area (Å²) in [5, 5.41) is 0. The van der Waals surface area contributed by atoms with E-state index in [2.05, 4.69) is 120 Å².